The molecule has 128 valence electrons. The SMILES string of the molecule is CCCCC/C(Cl)=C/C(=O)[O-].CCCCC/C(Cl)=C/C(=O)[O-].[Ca+2]. The second kappa shape index (κ2) is 20.3. The first-order chi connectivity index (χ1) is 10.3. The van der Waals surface area contributed by atoms with Crippen molar-refractivity contribution in [2.24, 2.45) is 0 Å². The second-order valence-corrected chi connectivity index (χ2v) is 5.71. The number of carboxylic acids is 2. The van der Waals surface area contributed by atoms with Crippen LogP contribution in [0.4, 0.5) is 0 Å². The molecule has 0 aromatic rings. The number of halogens is 2. The van der Waals surface area contributed by atoms with Crippen LogP contribution in [-0.2, 0) is 9.59 Å². The first kappa shape index (κ1) is 28.1. The third-order valence-corrected chi connectivity index (χ3v) is 3.18. The molecule has 23 heavy (non-hydrogen) atoms. The first-order valence-electron chi connectivity index (χ1n) is 7.47. The van der Waals surface area contributed by atoms with Crippen LogP contribution >= 0.6 is 23.2 Å². The summed E-state index contributed by atoms with van der Waals surface area (Å²) < 4.78 is 0. The molecule has 0 N–H and O–H groups in total. The summed E-state index contributed by atoms with van der Waals surface area (Å²) in [5.74, 6) is -2.43. The molecule has 7 heteroatoms. The molecular weight excluding hydrogens is 367 g/mol. The minimum Gasteiger partial charge on any atom is -0.545 e. The van der Waals surface area contributed by atoms with Crippen molar-refractivity contribution in [1.82, 2.24) is 0 Å². The van der Waals surface area contributed by atoms with Crippen LogP contribution in [0.1, 0.15) is 65.2 Å². The average Bonchev–Trinajstić information content (AvgIpc) is 2.38. The molecule has 0 amide bonds. The Kier molecular flexibility index (Phi) is 24.8. The van der Waals surface area contributed by atoms with Crippen molar-refractivity contribution in [2.75, 3.05) is 0 Å². The molecule has 0 aromatic heterocycles. The molecule has 0 fully saturated rings. The Balaban J connectivity index is -0.000000333. The van der Waals surface area contributed by atoms with E-state index in [1.807, 2.05) is 0 Å². The molecule has 0 atom stereocenters. The Morgan fingerprint density at radius 1 is 0.783 bits per heavy atom. The topological polar surface area (TPSA) is 80.3 Å². The second-order valence-electron chi connectivity index (χ2n) is 4.73. The molecule has 0 aliphatic rings. The summed E-state index contributed by atoms with van der Waals surface area (Å²) in [5, 5.41) is 20.7. The van der Waals surface area contributed by atoms with Gasteiger partial charge in [0.1, 0.15) is 0 Å². The van der Waals surface area contributed by atoms with E-state index in [1.54, 1.807) is 0 Å². The van der Waals surface area contributed by atoms with Crippen LogP contribution in [0.25, 0.3) is 0 Å². The zero-order valence-electron chi connectivity index (χ0n) is 13.9. The molecule has 0 saturated carbocycles. The number of hydrogen-bond donors (Lipinski definition) is 0. The average molecular weight is 391 g/mol. The maximum atomic E-state index is 9.97. The molecule has 0 unspecified atom stereocenters. The summed E-state index contributed by atoms with van der Waals surface area (Å²) in [6, 6.07) is 0. The van der Waals surface area contributed by atoms with E-state index in [-0.39, 0.29) is 37.7 Å². The van der Waals surface area contributed by atoms with Gasteiger partial charge in [0.2, 0.25) is 0 Å². The number of carboxylic acid groups (broad SMARTS) is 2. The number of carbonyl (C=O) groups is 2. The summed E-state index contributed by atoms with van der Waals surface area (Å²) in [6.07, 6.45) is 9.43. The van der Waals surface area contributed by atoms with Gasteiger partial charge in [0.15, 0.2) is 0 Å². The van der Waals surface area contributed by atoms with Gasteiger partial charge >= 0.3 is 37.7 Å². The van der Waals surface area contributed by atoms with Gasteiger partial charge in [-0.1, -0.05) is 62.7 Å². The Labute approximate surface area is 178 Å². The maximum Gasteiger partial charge on any atom is 2.00 e. The standard InChI is InChI=1S/2C8H13ClO2.Ca/c2*1-2-3-4-5-7(9)6-8(10)11;/h2*6H,2-5H2,1H3,(H,10,11);/q;;+2/p-2/b2*7-6-;. The molecule has 0 radical (unpaired) electrons. The number of rotatable bonds is 10. The van der Waals surface area contributed by atoms with E-state index in [0.29, 0.717) is 22.9 Å². The molecule has 0 rings (SSSR count). The molecule has 0 heterocycles. The van der Waals surface area contributed by atoms with Gasteiger partial charge in [-0.25, -0.2) is 0 Å². The number of allylic oxidation sites excluding steroid dienone is 2. The van der Waals surface area contributed by atoms with Crippen molar-refractivity contribution in [2.45, 2.75) is 65.2 Å². The normalized spacial score (nSPS) is 11.1. The van der Waals surface area contributed by atoms with Crippen molar-refractivity contribution >= 4 is 72.9 Å². The van der Waals surface area contributed by atoms with Crippen LogP contribution in [0.15, 0.2) is 22.2 Å². The zero-order chi connectivity index (χ0) is 17.4. The number of carbonyl (C=O) groups excluding carboxylic acids is 2. The predicted octanol–water partition coefficient (Wildman–Crippen LogP) is 2.50. The van der Waals surface area contributed by atoms with Crippen molar-refractivity contribution in [3.63, 3.8) is 0 Å². The van der Waals surface area contributed by atoms with Crippen LogP contribution in [0.5, 0.6) is 0 Å². The van der Waals surface area contributed by atoms with E-state index in [4.69, 9.17) is 23.2 Å². The fraction of sp³-hybridized carbons (Fsp3) is 0.625. The maximum absolute atomic E-state index is 9.97. The van der Waals surface area contributed by atoms with Crippen LogP contribution < -0.4 is 10.2 Å². The third kappa shape index (κ3) is 27.4. The van der Waals surface area contributed by atoms with Gasteiger partial charge in [0.25, 0.3) is 0 Å². The molecule has 0 aliphatic heterocycles. The van der Waals surface area contributed by atoms with Gasteiger partial charge in [0, 0.05) is 10.1 Å². The van der Waals surface area contributed by atoms with Gasteiger partial charge in [-0.15, -0.1) is 0 Å². The Morgan fingerprint density at radius 3 is 1.30 bits per heavy atom. The Morgan fingerprint density at radius 2 is 1.09 bits per heavy atom. The smallest absolute Gasteiger partial charge is 0.545 e. The predicted molar refractivity (Wildman–Crippen MR) is 91.9 cm³/mol. The zero-order valence-corrected chi connectivity index (χ0v) is 17.6. The summed E-state index contributed by atoms with van der Waals surface area (Å²) in [6.45, 7) is 4.16. The molecule has 0 bridgehead atoms. The molecule has 0 spiro atoms. The van der Waals surface area contributed by atoms with Gasteiger partial charge in [-0.2, -0.15) is 0 Å². The van der Waals surface area contributed by atoms with E-state index in [9.17, 15) is 19.8 Å². The summed E-state index contributed by atoms with van der Waals surface area (Å²) in [5.41, 5.74) is 0. The van der Waals surface area contributed by atoms with Crippen LogP contribution in [-0.4, -0.2) is 49.7 Å². The largest absolute Gasteiger partial charge is 2.00 e. The summed E-state index contributed by atoms with van der Waals surface area (Å²) >= 11 is 11.1. The van der Waals surface area contributed by atoms with E-state index in [2.05, 4.69) is 13.8 Å². The van der Waals surface area contributed by atoms with Gasteiger partial charge in [-0.3, -0.25) is 0 Å². The van der Waals surface area contributed by atoms with E-state index < -0.39 is 11.9 Å². The third-order valence-electron chi connectivity index (χ3n) is 2.59. The van der Waals surface area contributed by atoms with Gasteiger partial charge in [-0.05, 0) is 37.8 Å². The van der Waals surface area contributed by atoms with Crippen LogP contribution in [0.2, 0.25) is 0 Å². The minimum absolute atomic E-state index is 0. The number of hydrogen-bond acceptors (Lipinski definition) is 4. The van der Waals surface area contributed by atoms with E-state index >= 15 is 0 Å². The summed E-state index contributed by atoms with van der Waals surface area (Å²) in [7, 11) is 0. The monoisotopic (exact) mass is 390 g/mol. The van der Waals surface area contributed by atoms with Crippen molar-refractivity contribution < 1.29 is 19.8 Å². The van der Waals surface area contributed by atoms with Crippen molar-refractivity contribution in [3.05, 3.63) is 22.2 Å². The van der Waals surface area contributed by atoms with Crippen LogP contribution in [0, 0.1) is 0 Å². The minimum atomic E-state index is -1.22. The Hall–Kier alpha value is 0.260. The summed E-state index contributed by atoms with van der Waals surface area (Å²) in [4.78, 5) is 19.9. The van der Waals surface area contributed by atoms with Gasteiger partial charge in [0.05, 0.1) is 11.9 Å². The first-order valence-corrected chi connectivity index (χ1v) is 8.23. The fourth-order valence-corrected chi connectivity index (χ4v) is 1.93. The van der Waals surface area contributed by atoms with Crippen LogP contribution in [0.3, 0.4) is 0 Å². The molecule has 0 saturated heterocycles. The number of aliphatic carboxylic acids is 2. The Bertz CT molecular complexity index is 346. The van der Waals surface area contributed by atoms with Crippen molar-refractivity contribution in [1.29, 1.82) is 0 Å². The number of unbranched alkanes of at least 4 members (excludes halogenated alkanes) is 4. The van der Waals surface area contributed by atoms with E-state index in [0.717, 1.165) is 50.7 Å². The fourth-order valence-electron chi connectivity index (χ4n) is 1.49. The van der Waals surface area contributed by atoms with Gasteiger partial charge < -0.3 is 19.8 Å². The molecule has 0 aliphatic carbocycles. The quantitative estimate of drug-likeness (QED) is 0.326. The van der Waals surface area contributed by atoms with E-state index in [1.165, 1.54) is 0 Å². The van der Waals surface area contributed by atoms with Crippen molar-refractivity contribution in [3.8, 4) is 0 Å². The molecule has 4 nitrogen and oxygen atoms in total. The molecule has 0 aromatic carbocycles. The molecular formula is C16H24CaCl2O4.